The Hall–Kier alpha value is -1.33. The molecule has 0 bridgehead atoms. The van der Waals surface area contributed by atoms with Crippen LogP contribution >= 0.6 is 15.9 Å². The van der Waals surface area contributed by atoms with E-state index in [1.165, 1.54) is 25.7 Å². The van der Waals surface area contributed by atoms with Crippen molar-refractivity contribution in [3.8, 4) is 5.75 Å². The Kier molecular flexibility index (Phi) is 8.66. The van der Waals surface area contributed by atoms with Gasteiger partial charge < -0.3 is 14.6 Å². The number of nitrogens with zero attached hydrogens (tertiary/aromatic N) is 1. The molecule has 1 heterocycles. The molecule has 0 saturated carbocycles. The number of ether oxygens (including phenoxy) is 1. The van der Waals surface area contributed by atoms with Gasteiger partial charge >= 0.3 is 5.97 Å². The maximum Gasteiger partial charge on any atom is 0.311 e. The lowest BCUT2D eigenvalue weighted by molar-refractivity contribution is -0.134. The van der Waals surface area contributed by atoms with Gasteiger partial charge in [0.1, 0.15) is 5.75 Å². The molecular formula is C21H31BrN2O2. The molecule has 2 rings (SSSR count). The number of aromatic amines is 1. The van der Waals surface area contributed by atoms with E-state index < -0.39 is 0 Å². The van der Waals surface area contributed by atoms with Gasteiger partial charge in [-0.1, -0.05) is 45.1 Å². The molecule has 26 heavy (non-hydrogen) atoms. The van der Waals surface area contributed by atoms with Crippen molar-refractivity contribution >= 4 is 32.8 Å². The Bertz CT molecular complexity index is 709. The van der Waals surface area contributed by atoms with Gasteiger partial charge in [0.25, 0.3) is 0 Å². The lowest BCUT2D eigenvalue weighted by Crippen LogP contribution is -2.15. The van der Waals surface area contributed by atoms with E-state index in [4.69, 9.17) is 4.74 Å². The molecular weight excluding hydrogens is 392 g/mol. The first-order valence-electron chi connectivity index (χ1n) is 9.67. The smallest absolute Gasteiger partial charge is 0.311 e. The van der Waals surface area contributed by atoms with E-state index in [1.54, 1.807) is 0 Å². The van der Waals surface area contributed by atoms with E-state index in [0.717, 1.165) is 46.9 Å². The average molecular weight is 423 g/mol. The highest BCUT2D eigenvalue weighted by Crippen LogP contribution is 2.34. The van der Waals surface area contributed by atoms with Gasteiger partial charge in [0.05, 0.1) is 10.1 Å². The second-order valence-electron chi connectivity index (χ2n) is 7.14. The van der Waals surface area contributed by atoms with Gasteiger partial charge in [-0.25, -0.2) is 0 Å². The van der Waals surface area contributed by atoms with Crippen LogP contribution in [0.1, 0.15) is 57.4 Å². The van der Waals surface area contributed by atoms with Crippen LogP contribution in [0, 0.1) is 0 Å². The largest absolute Gasteiger partial charge is 0.426 e. The van der Waals surface area contributed by atoms with E-state index >= 15 is 0 Å². The third-order valence-corrected chi connectivity index (χ3v) is 5.28. The van der Waals surface area contributed by atoms with Crippen LogP contribution in [0.5, 0.6) is 5.75 Å². The number of carbonyl (C=O) groups is 1. The van der Waals surface area contributed by atoms with Gasteiger partial charge in [-0.2, -0.15) is 0 Å². The molecule has 0 aliphatic heterocycles. The highest BCUT2D eigenvalue weighted by Gasteiger charge is 2.16. The number of benzene rings is 1. The van der Waals surface area contributed by atoms with Crippen molar-refractivity contribution in [2.24, 2.45) is 0 Å². The normalized spacial score (nSPS) is 11.4. The van der Waals surface area contributed by atoms with Crippen LogP contribution in [0.25, 0.3) is 10.9 Å². The van der Waals surface area contributed by atoms with E-state index in [2.05, 4.69) is 46.8 Å². The van der Waals surface area contributed by atoms with Crippen LogP contribution in [0.2, 0.25) is 0 Å². The Labute approximate surface area is 165 Å². The third kappa shape index (κ3) is 6.13. The van der Waals surface area contributed by atoms with Gasteiger partial charge in [-0.15, -0.1) is 0 Å². The summed E-state index contributed by atoms with van der Waals surface area (Å²) in [7, 11) is 4.12. The standard InChI is InChI=1S/C21H31BrN2O2/c1-4-5-6-7-8-9-13-19(25)26-18-12-10-11-17-20(18)16(21(22)23-17)14-15-24(2)3/h10-12,23H,4-9,13-15H2,1-3H3. The maximum atomic E-state index is 12.3. The molecule has 2 aromatic rings. The van der Waals surface area contributed by atoms with Crippen molar-refractivity contribution in [2.45, 2.75) is 58.3 Å². The van der Waals surface area contributed by atoms with E-state index in [1.807, 2.05) is 18.2 Å². The van der Waals surface area contributed by atoms with Gasteiger partial charge in [-0.05, 0) is 60.6 Å². The first-order chi connectivity index (χ1) is 12.5. The molecule has 0 amide bonds. The summed E-state index contributed by atoms with van der Waals surface area (Å²) in [4.78, 5) is 17.8. The minimum absolute atomic E-state index is 0.135. The number of nitrogens with one attached hydrogen (secondary N) is 1. The van der Waals surface area contributed by atoms with Crippen LogP contribution < -0.4 is 4.74 Å². The molecule has 0 saturated heterocycles. The van der Waals surface area contributed by atoms with E-state index in [9.17, 15) is 4.79 Å². The summed E-state index contributed by atoms with van der Waals surface area (Å²) in [6, 6.07) is 5.83. The summed E-state index contributed by atoms with van der Waals surface area (Å²) >= 11 is 3.62. The highest BCUT2D eigenvalue weighted by atomic mass is 79.9. The summed E-state index contributed by atoms with van der Waals surface area (Å²) in [5, 5.41) is 1.01. The molecule has 1 aromatic heterocycles. The Morgan fingerprint density at radius 1 is 1.15 bits per heavy atom. The number of rotatable bonds is 11. The Balaban J connectivity index is 2.01. The van der Waals surface area contributed by atoms with E-state index in [0.29, 0.717) is 12.2 Å². The number of likely N-dealkylation sites (N-methyl/N-ethyl adjacent to an activating group) is 1. The van der Waals surface area contributed by atoms with Crippen molar-refractivity contribution < 1.29 is 9.53 Å². The molecule has 4 nitrogen and oxygen atoms in total. The lowest BCUT2D eigenvalue weighted by atomic mass is 10.1. The van der Waals surface area contributed by atoms with Crippen molar-refractivity contribution in [3.05, 3.63) is 28.4 Å². The van der Waals surface area contributed by atoms with Gasteiger partial charge in [-0.3, -0.25) is 4.79 Å². The molecule has 0 radical (unpaired) electrons. The monoisotopic (exact) mass is 422 g/mol. The van der Waals surface area contributed by atoms with Crippen LogP contribution in [-0.2, 0) is 11.2 Å². The fourth-order valence-electron chi connectivity index (χ4n) is 3.13. The zero-order valence-corrected chi connectivity index (χ0v) is 17.8. The van der Waals surface area contributed by atoms with Crippen LogP contribution in [0.15, 0.2) is 22.8 Å². The van der Waals surface area contributed by atoms with Gasteiger partial charge in [0, 0.05) is 18.4 Å². The lowest BCUT2D eigenvalue weighted by Gasteiger charge is -2.11. The first-order valence-corrected chi connectivity index (χ1v) is 10.5. The fraction of sp³-hybridized carbons (Fsp3) is 0.571. The number of hydrogen-bond acceptors (Lipinski definition) is 3. The zero-order chi connectivity index (χ0) is 18.9. The summed E-state index contributed by atoms with van der Waals surface area (Å²) < 4.78 is 6.69. The Morgan fingerprint density at radius 2 is 1.88 bits per heavy atom. The summed E-state index contributed by atoms with van der Waals surface area (Å²) in [5.74, 6) is 0.526. The number of unbranched alkanes of at least 4 members (excludes halogenated alkanes) is 5. The predicted octanol–water partition coefficient (Wildman–Crippen LogP) is 5.69. The molecule has 1 aromatic carbocycles. The van der Waals surface area contributed by atoms with Crippen molar-refractivity contribution in [2.75, 3.05) is 20.6 Å². The molecule has 5 heteroatoms. The minimum Gasteiger partial charge on any atom is -0.426 e. The van der Waals surface area contributed by atoms with Gasteiger partial charge in [0.15, 0.2) is 0 Å². The maximum absolute atomic E-state index is 12.3. The first kappa shape index (κ1) is 21.0. The SMILES string of the molecule is CCCCCCCCC(=O)Oc1cccc2[nH]c(Br)c(CCN(C)C)c12. The zero-order valence-electron chi connectivity index (χ0n) is 16.2. The topological polar surface area (TPSA) is 45.3 Å². The van der Waals surface area contributed by atoms with Crippen molar-refractivity contribution in [1.29, 1.82) is 0 Å². The molecule has 0 spiro atoms. The van der Waals surface area contributed by atoms with Crippen LogP contribution in [-0.4, -0.2) is 36.5 Å². The second-order valence-corrected chi connectivity index (χ2v) is 7.93. The Morgan fingerprint density at radius 3 is 2.62 bits per heavy atom. The van der Waals surface area contributed by atoms with Crippen LogP contribution in [0.4, 0.5) is 0 Å². The molecule has 0 aliphatic carbocycles. The van der Waals surface area contributed by atoms with Crippen molar-refractivity contribution in [1.82, 2.24) is 9.88 Å². The average Bonchev–Trinajstić information content (AvgIpc) is 2.92. The predicted molar refractivity (Wildman–Crippen MR) is 112 cm³/mol. The molecule has 1 N–H and O–H groups in total. The highest BCUT2D eigenvalue weighted by molar-refractivity contribution is 9.10. The summed E-state index contributed by atoms with van der Waals surface area (Å²) in [6.07, 6.45) is 8.37. The number of fused-ring (bicyclic) bond motifs is 1. The van der Waals surface area contributed by atoms with Gasteiger partial charge in [0.2, 0.25) is 0 Å². The molecule has 144 valence electrons. The summed E-state index contributed by atoms with van der Waals surface area (Å²) in [5.41, 5.74) is 2.16. The quantitative estimate of drug-likeness (QED) is 0.287. The summed E-state index contributed by atoms with van der Waals surface area (Å²) in [6.45, 7) is 3.15. The minimum atomic E-state index is -0.135. The number of H-pyrrole nitrogens is 1. The third-order valence-electron chi connectivity index (χ3n) is 4.60. The second kappa shape index (κ2) is 10.7. The molecule has 0 aliphatic rings. The van der Waals surface area contributed by atoms with E-state index in [-0.39, 0.29) is 5.97 Å². The molecule has 0 unspecified atom stereocenters. The fourth-order valence-corrected chi connectivity index (χ4v) is 3.74. The number of esters is 1. The number of carbonyl (C=O) groups excluding carboxylic acids is 1. The number of aromatic nitrogens is 1. The molecule has 0 atom stereocenters. The number of halogens is 1. The van der Waals surface area contributed by atoms with Crippen LogP contribution in [0.3, 0.4) is 0 Å². The van der Waals surface area contributed by atoms with Crippen molar-refractivity contribution in [3.63, 3.8) is 0 Å². The number of hydrogen-bond donors (Lipinski definition) is 1. The molecule has 0 fully saturated rings.